The van der Waals surface area contributed by atoms with Gasteiger partial charge in [0.25, 0.3) is 5.91 Å². The molecule has 0 fully saturated rings. The third kappa shape index (κ3) is 3.84. The highest BCUT2D eigenvalue weighted by Gasteiger charge is 2.21. The summed E-state index contributed by atoms with van der Waals surface area (Å²) in [6.45, 7) is 0. The van der Waals surface area contributed by atoms with Crippen molar-refractivity contribution < 1.29 is 9.53 Å². The van der Waals surface area contributed by atoms with E-state index in [2.05, 4.69) is 25.8 Å². The summed E-state index contributed by atoms with van der Waals surface area (Å²) in [5, 5.41) is 14.1. The van der Waals surface area contributed by atoms with Gasteiger partial charge in [0.05, 0.1) is 12.8 Å². The molecule has 29 heavy (non-hydrogen) atoms. The van der Waals surface area contributed by atoms with E-state index in [1.807, 2.05) is 42.1 Å². The van der Waals surface area contributed by atoms with E-state index in [1.165, 1.54) is 11.0 Å². The Morgan fingerprint density at radius 2 is 1.86 bits per heavy atom. The molecule has 0 saturated heterocycles. The molecule has 4 aromatic rings. The highest BCUT2D eigenvalue weighted by atomic mass is 16.5. The third-order valence-corrected chi connectivity index (χ3v) is 4.58. The Morgan fingerprint density at radius 1 is 1.10 bits per heavy atom. The molecule has 2 aromatic carbocycles. The van der Waals surface area contributed by atoms with Crippen LogP contribution >= 0.6 is 0 Å². The normalized spacial score (nSPS) is 11.8. The van der Waals surface area contributed by atoms with Crippen LogP contribution in [0.15, 0.2) is 67.3 Å². The van der Waals surface area contributed by atoms with Crippen molar-refractivity contribution in [2.24, 2.45) is 7.05 Å². The van der Waals surface area contributed by atoms with Gasteiger partial charge in [-0.25, -0.2) is 9.67 Å². The number of imidazole rings is 1. The molecule has 1 amide bonds. The van der Waals surface area contributed by atoms with Crippen LogP contribution in [0.1, 0.15) is 27.8 Å². The SMILES string of the molecule is COc1ccc([C@H](NC(=O)c2ccc(-n3cnnn3)cc2)c2nccn2C)cc1. The van der Waals surface area contributed by atoms with Crippen molar-refractivity contribution in [3.05, 3.63) is 84.2 Å². The van der Waals surface area contributed by atoms with E-state index in [0.29, 0.717) is 5.56 Å². The van der Waals surface area contributed by atoms with Crippen molar-refractivity contribution >= 4 is 5.91 Å². The summed E-state index contributed by atoms with van der Waals surface area (Å²) in [5.74, 6) is 1.27. The molecule has 0 radical (unpaired) electrons. The first-order chi connectivity index (χ1) is 14.2. The smallest absolute Gasteiger partial charge is 0.252 e. The monoisotopic (exact) mass is 389 g/mol. The molecular weight excluding hydrogens is 370 g/mol. The number of amides is 1. The van der Waals surface area contributed by atoms with Gasteiger partial charge in [-0.15, -0.1) is 5.10 Å². The molecule has 9 nitrogen and oxygen atoms in total. The number of carbonyl (C=O) groups is 1. The largest absolute Gasteiger partial charge is 0.497 e. The summed E-state index contributed by atoms with van der Waals surface area (Å²) < 4.78 is 8.64. The molecular formula is C20H19N7O2. The maximum atomic E-state index is 12.9. The molecule has 1 atom stereocenters. The average molecular weight is 389 g/mol. The minimum absolute atomic E-state index is 0.211. The second-order valence-corrected chi connectivity index (χ2v) is 6.38. The Morgan fingerprint density at radius 3 is 2.45 bits per heavy atom. The van der Waals surface area contributed by atoms with E-state index in [0.717, 1.165) is 22.8 Å². The Hall–Kier alpha value is -4.01. The summed E-state index contributed by atoms with van der Waals surface area (Å²) in [6.07, 6.45) is 5.05. The van der Waals surface area contributed by atoms with Gasteiger partial charge in [0.15, 0.2) is 0 Å². The van der Waals surface area contributed by atoms with Crippen LogP contribution in [0.5, 0.6) is 5.75 Å². The van der Waals surface area contributed by atoms with Crippen molar-refractivity contribution in [2.75, 3.05) is 7.11 Å². The van der Waals surface area contributed by atoms with Crippen LogP contribution in [0.25, 0.3) is 5.69 Å². The molecule has 0 unspecified atom stereocenters. The zero-order valence-electron chi connectivity index (χ0n) is 15.9. The highest BCUT2D eigenvalue weighted by molar-refractivity contribution is 5.94. The summed E-state index contributed by atoms with van der Waals surface area (Å²) in [7, 11) is 3.51. The van der Waals surface area contributed by atoms with E-state index in [-0.39, 0.29) is 5.91 Å². The molecule has 0 spiro atoms. The highest BCUT2D eigenvalue weighted by Crippen LogP contribution is 2.23. The second-order valence-electron chi connectivity index (χ2n) is 6.38. The second kappa shape index (κ2) is 7.93. The van der Waals surface area contributed by atoms with Crippen LogP contribution in [-0.4, -0.2) is 42.8 Å². The Bertz CT molecular complexity index is 1090. The quantitative estimate of drug-likeness (QED) is 0.541. The molecule has 0 aliphatic heterocycles. The molecule has 0 bridgehead atoms. The standard InChI is InChI=1S/C20H19N7O2/c1-26-12-11-21-19(26)18(14-5-9-17(29-2)10-6-14)23-20(28)15-3-7-16(8-4-15)27-13-22-24-25-27/h3-13,18H,1-2H3,(H,23,28)/t18-/m0/s1. The lowest BCUT2D eigenvalue weighted by Crippen LogP contribution is -2.31. The van der Waals surface area contributed by atoms with Crippen LogP contribution < -0.4 is 10.1 Å². The van der Waals surface area contributed by atoms with E-state index < -0.39 is 6.04 Å². The van der Waals surface area contributed by atoms with Gasteiger partial charge in [-0.3, -0.25) is 4.79 Å². The number of ether oxygens (including phenoxy) is 1. The zero-order valence-corrected chi connectivity index (χ0v) is 15.9. The van der Waals surface area contributed by atoms with Crippen molar-refractivity contribution in [1.82, 2.24) is 35.1 Å². The van der Waals surface area contributed by atoms with E-state index in [4.69, 9.17) is 4.74 Å². The van der Waals surface area contributed by atoms with Gasteiger partial charge in [-0.05, 0) is 52.4 Å². The van der Waals surface area contributed by atoms with Crippen LogP contribution in [0.2, 0.25) is 0 Å². The van der Waals surface area contributed by atoms with E-state index in [1.54, 1.807) is 37.6 Å². The lowest BCUT2D eigenvalue weighted by molar-refractivity contribution is 0.0941. The maximum absolute atomic E-state index is 12.9. The molecule has 146 valence electrons. The van der Waals surface area contributed by atoms with Crippen molar-refractivity contribution in [1.29, 1.82) is 0 Å². The van der Waals surface area contributed by atoms with Gasteiger partial charge in [0.1, 0.15) is 23.9 Å². The fourth-order valence-corrected chi connectivity index (χ4v) is 3.01. The number of aryl methyl sites for hydroxylation is 1. The van der Waals surface area contributed by atoms with Crippen LogP contribution in [0.4, 0.5) is 0 Å². The first kappa shape index (κ1) is 18.4. The Kier molecular flexibility index (Phi) is 5.02. The van der Waals surface area contributed by atoms with Gasteiger partial charge >= 0.3 is 0 Å². The maximum Gasteiger partial charge on any atom is 0.252 e. The first-order valence-electron chi connectivity index (χ1n) is 8.91. The van der Waals surface area contributed by atoms with Crippen LogP contribution in [0.3, 0.4) is 0 Å². The van der Waals surface area contributed by atoms with Gasteiger partial charge in [0.2, 0.25) is 0 Å². The molecule has 0 aliphatic rings. The fraction of sp³-hybridized carbons (Fsp3) is 0.150. The number of nitrogens with zero attached hydrogens (tertiary/aromatic N) is 6. The predicted molar refractivity (Wildman–Crippen MR) is 105 cm³/mol. The van der Waals surface area contributed by atoms with Gasteiger partial charge in [-0.2, -0.15) is 0 Å². The number of nitrogens with one attached hydrogen (secondary N) is 1. The Labute approximate surface area is 167 Å². The minimum atomic E-state index is -0.410. The number of benzene rings is 2. The lowest BCUT2D eigenvalue weighted by Gasteiger charge is -2.19. The lowest BCUT2D eigenvalue weighted by atomic mass is 10.0. The number of tetrazole rings is 1. The molecule has 2 heterocycles. The summed E-state index contributed by atoms with van der Waals surface area (Å²) in [4.78, 5) is 17.4. The molecule has 0 aliphatic carbocycles. The summed E-state index contributed by atoms with van der Waals surface area (Å²) in [6, 6.07) is 14.2. The van der Waals surface area contributed by atoms with Crippen LogP contribution in [-0.2, 0) is 7.05 Å². The molecule has 4 rings (SSSR count). The summed E-state index contributed by atoms with van der Waals surface area (Å²) in [5.41, 5.74) is 2.19. The molecule has 0 saturated carbocycles. The van der Waals surface area contributed by atoms with Crippen molar-refractivity contribution in [3.63, 3.8) is 0 Å². The fourth-order valence-electron chi connectivity index (χ4n) is 3.01. The number of aromatic nitrogens is 6. The number of methoxy groups -OCH3 is 1. The minimum Gasteiger partial charge on any atom is -0.497 e. The zero-order chi connectivity index (χ0) is 20.2. The van der Waals surface area contributed by atoms with Gasteiger partial charge in [-0.1, -0.05) is 12.1 Å². The van der Waals surface area contributed by atoms with E-state index >= 15 is 0 Å². The average Bonchev–Trinajstić information content (AvgIpc) is 3.44. The number of hydrogen-bond donors (Lipinski definition) is 1. The van der Waals surface area contributed by atoms with Crippen molar-refractivity contribution in [3.8, 4) is 11.4 Å². The molecule has 9 heteroatoms. The van der Waals surface area contributed by atoms with Crippen LogP contribution in [0, 0.1) is 0 Å². The third-order valence-electron chi connectivity index (χ3n) is 4.58. The predicted octanol–water partition coefficient (Wildman–Crippen LogP) is 1.92. The number of carbonyl (C=O) groups excluding carboxylic acids is 1. The van der Waals surface area contributed by atoms with Gasteiger partial charge in [0, 0.05) is 25.0 Å². The summed E-state index contributed by atoms with van der Waals surface area (Å²) >= 11 is 0. The van der Waals surface area contributed by atoms with Gasteiger partial charge < -0.3 is 14.6 Å². The van der Waals surface area contributed by atoms with Crippen molar-refractivity contribution in [2.45, 2.75) is 6.04 Å². The van der Waals surface area contributed by atoms with E-state index in [9.17, 15) is 4.79 Å². The molecule has 1 N–H and O–H groups in total. The number of rotatable bonds is 6. The first-order valence-corrected chi connectivity index (χ1v) is 8.91. The molecule has 2 aromatic heterocycles. The Balaban J connectivity index is 1.60. The number of hydrogen-bond acceptors (Lipinski definition) is 6. The topological polar surface area (TPSA) is 99.8 Å².